The summed E-state index contributed by atoms with van der Waals surface area (Å²) >= 11 is 0. The lowest BCUT2D eigenvalue weighted by atomic mass is 9.96. The quantitative estimate of drug-likeness (QED) is 0.873. The molecule has 1 N–H and O–H groups in total. The van der Waals surface area contributed by atoms with Gasteiger partial charge in [0.05, 0.1) is 22.2 Å². The fourth-order valence-corrected chi connectivity index (χ4v) is 4.87. The molecule has 0 spiro atoms. The van der Waals surface area contributed by atoms with E-state index in [0.717, 1.165) is 5.56 Å². The summed E-state index contributed by atoms with van der Waals surface area (Å²) in [4.78, 5) is 15.1. The number of carboxylic acid groups (broad SMARTS) is 1. The Hall–Kier alpha value is -2.20. The molecule has 0 radical (unpaired) electrons. The van der Waals surface area contributed by atoms with Crippen molar-refractivity contribution in [2.75, 3.05) is 13.1 Å². The maximum absolute atomic E-state index is 13.1. The Kier molecular flexibility index (Phi) is 4.43. The lowest BCUT2D eigenvalue weighted by molar-refractivity contribution is -0.187. The number of sulfonamides is 1. The molecule has 2 heterocycles. The molecule has 0 aliphatic carbocycles. The maximum atomic E-state index is 13.1. The molecule has 0 amide bonds. The zero-order chi connectivity index (χ0) is 19.3. The second-order valence-corrected chi connectivity index (χ2v) is 8.10. The predicted octanol–water partition coefficient (Wildman–Crippen LogP) is 2.43. The van der Waals surface area contributed by atoms with Crippen LogP contribution in [-0.2, 0) is 14.8 Å². The molecular formula is C16H15F3N2O4S. The van der Waals surface area contributed by atoms with Crippen LogP contribution in [0.5, 0.6) is 0 Å². The van der Waals surface area contributed by atoms with Crippen molar-refractivity contribution in [3.63, 3.8) is 0 Å². The number of hydrogen-bond acceptors (Lipinski definition) is 4. The maximum Gasteiger partial charge on any atom is 0.393 e. The van der Waals surface area contributed by atoms with Crippen molar-refractivity contribution in [1.29, 1.82) is 0 Å². The SMILES string of the molecule is Cc1ccc(S(=O)(=O)N2C[C@@H](C(F)(F)F)[C@H](C(=O)O)C2)c2cccnc12. The monoisotopic (exact) mass is 388 g/mol. The number of carbonyl (C=O) groups is 1. The third-order valence-electron chi connectivity index (χ3n) is 4.57. The van der Waals surface area contributed by atoms with Gasteiger partial charge in [0.15, 0.2) is 0 Å². The van der Waals surface area contributed by atoms with E-state index in [4.69, 9.17) is 5.11 Å². The average Bonchev–Trinajstić information content (AvgIpc) is 3.02. The highest BCUT2D eigenvalue weighted by atomic mass is 32.2. The van der Waals surface area contributed by atoms with Gasteiger partial charge >= 0.3 is 12.1 Å². The van der Waals surface area contributed by atoms with E-state index in [9.17, 15) is 26.4 Å². The van der Waals surface area contributed by atoms with Crippen molar-refractivity contribution in [3.05, 3.63) is 36.0 Å². The molecule has 0 saturated carbocycles. The van der Waals surface area contributed by atoms with Crippen LogP contribution < -0.4 is 0 Å². The highest BCUT2D eigenvalue weighted by Crippen LogP contribution is 2.40. The molecule has 2 atom stereocenters. The number of halogens is 3. The number of fused-ring (bicyclic) bond motifs is 1. The summed E-state index contributed by atoms with van der Waals surface area (Å²) in [5, 5.41) is 9.36. The van der Waals surface area contributed by atoms with Crippen LogP contribution in [-0.4, -0.2) is 48.0 Å². The minimum Gasteiger partial charge on any atom is -0.481 e. The summed E-state index contributed by atoms with van der Waals surface area (Å²) in [6.45, 7) is 0.0949. The average molecular weight is 388 g/mol. The van der Waals surface area contributed by atoms with Gasteiger partial charge in [-0.3, -0.25) is 9.78 Å². The molecule has 1 aliphatic heterocycles. The standard InChI is InChI=1S/C16H15F3N2O4S/c1-9-4-5-13(10-3-2-6-20-14(9)10)26(24,25)21-7-11(15(22)23)12(8-21)16(17,18)19/h2-6,11-12H,7-8H2,1H3,(H,22,23)/t11-,12-/m1/s1. The molecule has 140 valence electrons. The molecule has 3 rings (SSSR count). The molecular weight excluding hydrogens is 373 g/mol. The zero-order valence-corrected chi connectivity index (χ0v) is 14.4. The molecule has 1 fully saturated rings. The van der Waals surface area contributed by atoms with Crippen molar-refractivity contribution >= 4 is 26.9 Å². The number of aliphatic carboxylic acids is 1. The van der Waals surface area contributed by atoms with Crippen LogP contribution in [0.3, 0.4) is 0 Å². The first-order chi connectivity index (χ1) is 12.0. The third kappa shape index (κ3) is 3.03. The van der Waals surface area contributed by atoms with Gasteiger partial charge in [0.1, 0.15) is 0 Å². The van der Waals surface area contributed by atoms with Crippen molar-refractivity contribution in [1.82, 2.24) is 9.29 Å². The Morgan fingerprint density at radius 3 is 2.54 bits per heavy atom. The minimum absolute atomic E-state index is 0.182. The van der Waals surface area contributed by atoms with Crippen molar-refractivity contribution in [3.8, 4) is 0 Å². The van der Waals surface area contributed by atoms with Gasteiger partial charge < -0.3 is 5.11 Å². The number of carboxylic acids is 1. The van der Waals surface area contributed by atoms with E-state index >= 15 is 0 Å². The van der Waals surface area contributed by atoms with Gasteiger partial charge in [-0.2, -0.15) is 17.5 Å². The second-order valence-electron chi connectivity index (χ2n) is 6.20. The van der Waals surface area contributed by atoms with Gasteiger partial charge in [-0.25, -0.2) is 8.42 Å². The number of alkyl halides is 3. The van der Waals surface area contributed by atoms with Crippen molar-refractivity contribution in [2.24, 2.45) is 11.8 Å². The first-order valence-electron chi connectivity index (χ1n) is 7.67. The first kappa shape index (κ1) is 18.6. The highest BCUT2D eigenvalue weighted by Gasteiger charge is 2.55. The van der Waals surface area contributed by atoms with E-state index in [0.29, 0.717) is 9.82 Å². The number of benzene rings is 1. The van der Waals surface area contributed by atoms with E-state index in [2.05, 4.69) is 4.98 Å². The predicted molar refractivity (Wildman–Crippen MR) is 85.9 cm³/mol. The fourth-order valence-electron chi connectivity index (χ4n) is 3.20. The normalized spacial score (nSPS) is 22.0. The number of aryl methyl sites for hydroxylation is 1. The van der Waals surface area contributed by atoms with Crippen LogP contribution in [0.4, 0.5) is 13.2 Å². The number of rotatable bonds is 3. The number of nitrogens with zero attached hydrogens (tertiary/aromatic N) is 2. The summed E-state index contributed by atoms with van der Waals surface area (Å²) in [6, 6.07) is 5.89. The third-order valence-corrected chi connectivity index (χ3v) is 6.46. The smallest absolute Gasteiger partial charge is 0.393 e. The van der Waals surface area contributed by atoms with Crippen LogP contribution in [0.15, 0.2) is 35.4 Å². The van der Waals surface area contributed by atoms with Gasteiger partial charge in [-0.15, -0.1) is 0 Å². The summed E-state index contributed by atoms with van der Waals surface area (Å²) in [6.07, 6.45) is -3.31. The van der Waals surface area contributed by atoms with Crippen molar-refractivity contribution < 1.29 is 31.5 Å². The summed E-state index contributed by atoms with van der Waals surface area (Å²) in [5.74, 6) is -5.75. The van der Waals surface area contributed by atoms with Crippen LogP contribution in [0.2, 0.25) is 0 Å². The van der Waals surface area contributed by atoms with E-state index in [1.54, 1.807) is 6.92 Å². The van der Waals surface area contributed by atoms with Crippen LogP contribution in [0.1, 0.15) is 5.56 Å². The molecule has 0 unspecified atom stereocenters. The first-order valence-corrected chi connectivity index (χ1v) is 9.11. The van der Waals surface area contributed by atoms with Gasteiger partial charge in [-0.05, 0) is 30.7 Å². The van der Waals surface area contributed by atoms with E-state index in [1.807, 2.05) is 0 Å². The molecule has 1 aromatic carbocycles. The zero-order valence-electron chi connectivity index (χ0n) is 13.6. The summed E-state index contributed by atoms with van der Waals surface area (Å²) in [7, 11) is -4.31. The van der Waals surface area contributed by atoms with Gasteiger partial charge in [-0.1, -0.05) is 6.07 Å². The topological polar surface area (TPSA) is 87.6 Å². The Bertz CT molecular complexity index is 975. The Balaban J connectivity index is 2.08. The highest BCUT2D eigenvalue weighted by molar-refractivity contribution is 7.89. The summed E-state index contributed by atoms with van der Waals surface area (Å²) < 4.78 is 65.9. The number of aromatic nitrogens is 1. The minimum atomic E-state index is -4.80. The van der Waals surface area contributed by atoms with Gasteiger partial charge in [0.2, 0.25) is 10.0 Å². The second kappa shape index (κ2) is 6.20. The molecule has 6 nitrogen and oxygen atoms in total. The molecule has 1 saturated heterocycles. The molecule has 1 aromatic heterocycles. The van der Waals surface area contributed by atoms with E-state index < -0.39 is 47.1 Å². The van der Waals surface area contributed by atoms with Crippen LogP contribution >= 0.6 is 0 Å². The van der Waals surface area contributed by atoms with Crippen LogP contribution in [0, 0.1) is 18.8 Å². The Morgan fingerprint density at radius 1 is 1.27 bits per heavy atom. The number of pyridine rings is 1. The summed E-state index contributed by atoms with van der Waals surface area (Å²) in [5.41, 5.74) is 1.15. The molecule has 0 bridgehead atoms. The molecule has 2 aromatic rings. The molecule has 1 aliphatic rings. The van der Waals surface area contributed by atoms with Gasteiger partial charge in [0.25, 0.3) is 0 Å². The van der Waals surface area contributed by atoms with E-state index in [1.165, 1.54) is 30.5 Å². The lowest BCUT2D eigenvalue weighted by Gasteiger charge is -2.19. The lowest BCUT2D eigenvalue weighted by Crippen LogP contribution is -2.34. The molecule has 26 heavy (non-hydrogen) atoms. The molecule has 10 heteroatoms. The Morgan fingerprint density at radius 2 is 1.96 bits per heavy atom. The number of hydrogen-bond donors (Lipinski definition) is 1. The van der Waals surface area contributed by atoms with Crippen molar-refractivity contribution in [2.45, 2.75) is 18.0 Å². The van der Waals surface area contributed by atoms with Gasteiger partial charge in [0, 0.05) is 24.7 Å². The Labute approximate surface area is 147 Å². The van der Waals surface area contributed by atoms with E-state index in [-0.39, 0.29) is 10.3 Å². The van der Waals surface area contributed by atoms with Crippen LogP contribution in [0.25, 0.3) is 10.9 Å². The fraction of sp³-hybridized carbons (Fsp3) is 0.375. The largest absolute Gasteiger partial charge is 0.481 e.